The van der Waals surface area contributed by atoms with Gasteiger partial charge in [-0.15, -0.1) is 0 Å². The highest BCUT2D eigenvalue weighted by molar-refractivity contribution is 5.92. The van der Waals surface area contributed by atoms with Gasteiger partial charge in [0.2, 0.25) is 0 Å². The van der Waals surface area contributed by atoms with Crippen molar-refractivity contribution in [3.05, 3.63) is 59.5 Å². The molecule has 3 aromatic rings. The number of hydrogen-bond donors (Lipinski definition) is 1. The Morgan fingerprint density at radius 2 is 1.97 bits per heavy atom. The van der Waals surface area contributed by atoms with Crippen molar-refractivity contribution in [2.45, 2.75) is 27.4 Å². The van der Waals surface area contributed by atoms with E-state index in [1.165, 1.54) is 16.5 Å². The average molecular weight is 416 g/mol. The topological polar surface area (TPSA) is 73.1 Å². The number of alkyl halides is 2. The number of aromatic nitrogens is 2. The molecule has 8 heteroatoms. The summed E-state index contributed by atoms with van der Waals surface area (Å²) in [5.74, 6) is -1.07. The monoisotopic (exact) mass is 416 g/mol. The van der Waals surface area contributed by atoms with Crippen LogP contribution in [0.15, 0.2) is 42.6 Å². The third-order valence-electron chi connectivity index (χ3n) is 4.06. The van der Waals surface area contributed by atoms with Gasteiger partial charge in [0.25, 0.3) is 0 Å². The van der Waals surface area contributed by atoms with E-state index in [4.69, 9.17) is 4.74 Å². The number of halogens is 2. The minimum atomic E-state index is -3.00. The lowest BCUT2D eigenvalue weighted by atomic mass is 9.98. The molecule has 1 N–H and O–H groups in total. The Morgan fingerprint density at radius 1 is 1.20 bits per heavy atom. The lowest BCUT2D eigenvalue weighted by Crippen LogP contribution is -2.18. The summed E-state index contributed by atoms with van der Waals surface area (Å²) in [5.41, 5.74) is 0.964. The molecule has 0 unspecified atom stereocenters. The number of carbonyl (C=O) groups is 1. The van der Waals surface area contributed by atoms with Crippen molar-refractivity contribution in [2.75, 3.05) is 6.61 Å². The summed E-state index contributed by atoms with van der Waals surface area (Å²) in [6, 6.07) is 9.78. The zero-order chi connectivity index (χ0) is 21.9. The van der Waals surface area contributed by atoms with Crippen LogP contribution in [0.1, 0.15) is 42.5 Å². The molecule has 3 rings (SSSR count). The van der Waals surface area contributed by atoms with E-state index >= 15 is 0 Å². The fraction of sp³-hybridized carbons (Fsp3) is 0.273. The molecular formula is C22H22F2N2O4. The molecule has 2 heterocycles. The van der Waals surface area contributed by atoms with Gasteiger partial charge in [-0.05, 0) is 35.8 Å². The van der Waals surface area contributed by atoms with Gasteiger partial charge in [0.1, 0.15) is 5.65 Å². The first-order chi connectivity index (χ1) is 14.2. The number of imidazole rings is 1. The first kappa shape index (κ1) is 21.3. The second-order valence-corrected chi connectivity index (χ2v) is 7.82. The van der Waals surface area contributed by atoms with Crippen molar-refractivity contribution >= 4 is 23.8 Å². The Labute approximate surface area is 172 Å². The van der Waals surface area contributed by atoms with E-state index in [-0.39, 0.29) is 34.9 Å². The highest BCUT2D eigenvalue weighted by Crippen LogP contribution is 2.35. The molecule has 0 radical (unpaired) electrons. The van der Waals surface area contributed by atoms with Crippen molar-refractivity contribution in [1.29, 1.82) is 0 Å². The van der Waals surface area contributed by atoms with E-state index in [1.54, 1.807) is 42.6 Å². The Bertz CT molecular complexity index is 1080. The third kappa shape index (κ3) is 4.94. The fourth-order valence-electron chi connectivity index (χ4n) is 2.81. The number of rotatable bonds is 7. The number of ether oxygens (including phenoxy) is 2. The van der Waals surface area contributed by atoms with Crippen LogP contribution in [-0.2, 0) is 0 Å². The van der Waals surface area contributed by atoms with Crippen molar-refractivity contribution in [2.24, 2.45) is 5.41 Å². The summed E-state index contributed by atoms with van der Waals surface area (Å²) < 4.78 is 37.6. The number of pyridine rings is 1. The van der Waals surface area contributed by atoms with E-state index in [0.29, 0.717) is 11.2 Å². The minimum absolute atomic E-state index is 0.000931. The van der Waals surface area contributed by atoms with E-state index in [9.17, 15) is 18.7 Å². The molecule has 2 aromatic heterocycles. The molecule has 158 valence electrons. The number of para-hydroxylation sites is 1. The predicted molar refractivity (Wildman–Crippen MR) is 109 cm³/mol. The Balaban J connectivity index is 2.03. The molecule has 0 aliphatic rings. The Morgan fingerprint density at radius 3 is 2.63 bits per heavy atom. The summed E-state index contributed by atoms with van der Waals surface area (Å²) in [6.07, 6.45) is 4.70. The smallest absolute Gasteiger partial charge is 0.387 e. The van der Waals surface area contributed by atoms with Crippen LogP contribution < -0.4 is 9.47 Å². The molecule has 0 fully saturated rings. The van der Waals surface area contributed by atoms with Crippen molar-refractivity contribution in [3.8, 4) is 11.5 Å². The summed E-state index contributed by atoms with van der Waals surface area (Å²) in [5, 5.41) is 9.60. The number of carboxylic acid groups (broad SMARTS) is 1. The zero-order valence-corrected chi connectivity index (χ0v) is 16.8. The number of carboxylic acids is 1. The second-order valence-electron chi connectivity index (χ2n) is 7.82. The van der Waals surface area contributed by atoms with Crippen LogP contribution in [0.2, 0.25) is 0 Å². The molecular weight excluding hydrogens is 394 g/mol. The van der Waals surface area contributed by atoms with Gasteiger partial charge in [-0.25, -0.2) is 9.78 Å². The van der Waals surface area contributed by atoms with Crippen LogP contribution in [0, 0.1) is 5.41 Å². The summed E-state index contributed by atoms with van der Waals surface area (Å²) in [4.78, 5) is 16.1. The summed E-state index contributed by atoms with van der Waals surface area (Å²) in [7, 11) is 0. The summed E-state index contributed by atoms with van der Waals surface area (Å²) in [6.45, 7) is 3.13. The third-order valence-corrected chi connectivity index (χ3v) is 4.06. The van der Waals surface area contributed by atoms with Gasteiger partial charge in [-0.3, -0.25) is 4.40 Å². The minimum Gasteiger partial charge on any atom is -0.489 e. The van der Waals surface area contributed by atoms with E-state index in [1.807, 2.05) is 20.8 Å². The van der Waals surface area contributed by atoms with Crippen LogP contribution >= 0.6 is 0 Å². The fourth-order valence-corrected chi connectivity index (χ4v) is 2.81. The van der Waals surface area contributed by atoms with Gasteiger partial charge in [-0.2, -0.15) is 8.78 Å². The van der Waals surface area contributed by atoms with Crippen molar-refractivity contribution in [3.63, 3.8) is 0 Å². The average Bonchev–Trinajstić information content (AvgIpc) is 3.03. The number of benzene rings is 1. The standard InChI is InChI=1S/C22H22F2N2O4/c1-22(2,3)13-29-19-14(7-6-8-16(19)30-21(23)24)10-11-15-18(20(27)28)26-12-5-4-9-17(26)25-15/h4-12,21H,13H2,1-3H3,(H,27,28)/b11-10+. The molecule has 0 saturated carbocycles. The SMILES string of the molecule is CC(C)(C)COc1c(/C=C/c2nc3ccccn3c2C(=O)O)cccc1OC(F)F. The van der Waals surface area contributed by atoms with Gasteiger partial charge in [0, 0.05) is 11.8 Å². The highest BCUT2D eigenvalue weighted by atomic mass is 19.3. The maximum Gasteiger partial charge on any atom is 0.387 e. The van der Waals surface area contributed by atoms with Gasteiger partial charge in [0.05, 0.1) is 12.3 Å². The number of hydrogen-bond acceptors (Lipinski definition) is 4. The number of fused-ring (bicyclic) bond motifs is 1. The Kier molecular flexibility index (Phi) is 6.05. The van der Waals surface area contributed by atoms with Gasteiger partial charge >= 0.3 is 12.6 Å². The molecule has 0 spiro atoms. The van der Waals surface area contributed by atoms with Crippen LogP contribution in [0.5, 0.6) is 11.5 Å². The first-order valence-electron chi connectivity index (χ1n) is 9.25. The molecule has 0 amide bonds. The molecule has 0 aliphatic heterocycles. The zero-order valence-electron chi connectivity index (χ0n) is 16.8. The van der Waals surface area contributed by atoms with Crippen LogP contribution in [-0.4, -0.2) is 33.7 Å². The van der Waals surface area contributed by atoms with Crippen LogP contribution in [0.25, 0.3) is 17.8 Å². The Hall–Kier alpha value is -3.42. The van der Waals surface area contributed by atoms with Gasteiger partial charge < -0.3 is 14.6 Å². The van der Waals surface area contributed by atoms with E-state index in [2.05, 4.69) is 9.72 Å². The normalized spacial score (nSPS) is 12.1. The van der Waals surface area contributed by atoms with Gasteiger partial charge in [0.15, 0.2) is 17.2 Å². The van der Waals surface area contributed by atoms with Crippen molar-refractivity contribution in [1.82, 2.24) is 9.38 Å². The highest BCUT2D eigenvalue weighted by Gasteiger charge is 2.19. The van der Waals surface area contributed by atoms with Gasteiger partial charge in [-0.1, -0.05) is 39.0 Å². The lowest BCUT2D eigenvalue weighted by Gasteiger charge is -2.21. The number of nitrogens with zero attached hydrogens (tertiary/aromatic N) is 2. The van der Waals surface area contributed by atoms with E-state index in [0.717, 1.165) is 0 Å². The maximum absolute atomic E-state index is 12.8. The molecule has 0 atom stereocenters. The molecule has 0 aliphatic carbocycles. The maximum atomic E-state index is 12.8. The van der Waals surface area contributed by atoms with Crippen LogP contribution in [0.3, 0.4) is 0 Å². The lowest BCUT2D eigenvalue weighted by molar-refractivity contribution is -0.0517. The second kappa shape index (κ2) is 8.52. The summed E-state index contributed by atoms with van der Waals surface area (Å²) >= 11 is 0. The molecule has 0 bridgehead atoms. The molecule has 0 saturated heterocycles. The predicted octanol–water partition coefficient (Wildman–Crippen LogP) is 5.23. The van der Waals surface area contributed by atoms with Crippen LogP contribution in [0.4, 0.5) is 8.78 Å². The molecule has 1 aromatic carbocycles. The van der Waals surface area contributed by atoms with E-state index < -0.39 is 12.6 Å². The molecule has 30 heavy (non-hydrogen) atoms. The first-order valence-corrected chi connectivity index (χ1v) is 9.25. The number of aromatic carboxylic acids is 1. The molecule has 6 nitrogen and oxygen atoms in total. The largest absolute Gasteiger partial charge is 0.489 e. The van der Waals surface area contributed by atoms with Crippen molar-refractivity contribution < 1.29 is 28.2 Å². The quantitative estimate of drug-likeness (QED) is 0.571.